The van der Waals surface area contributed by atoms with Gasteiger partial charge in [-0.3, -0.25) is 29.1 Å². The molecule has 280 valence electrons. The molecule has 13 heteroatoms. The fraction of sp³-hybridized carbons (Fsp3) is 0.487. The van der Waals surface area contributed by atoms with Crippen LogP contribution in [0.15, 0.2) is 18.2 Å². The number of carboxylic acid groups (broad SMARTS) is 1. The van der Waals surface area contributed by atoms with Crippen LogP contribution in [-0.2, 0) is 41.2 Å². The average Bonchev–Trinajstić information content (AvgIpc) is 3.75. The molecule has 0 fully saturated rings. The molecule has 0 aliphatic carbocycles. The van der Waals surface area contributed by atoms with Gasteiger partial charge in [0.2, 0.25) is 0 Å². The maximum Gasteiger partial charge on any atom is 2.00 e. The number of nitrogens with zero attached hydrogens (tertiary/aromatic N) is 3. The van der Waals surface area contributed by atoms with E-state index in [4.69, 9.17) is 14.7 Å². The zero-order chi connectivity index (χ0) is 37.3. The minimum Gasteiger partial charge on any atom is -0.481 e. The predicted molar refractivity (Wildman–Crippen MR) is 197 cm³/mol. The van der Waals surface area contributed by atoms with Crippen molar-refractivity contribution in [2.45, 2.75) is 90.9 Å². The van der Waals surface area contributed by atoms with E-state index in [-0.39, 0.29) is 69.1 Å². The number of carbonyl (C=O) groups is 4. The molecule has 0 unspecified atom stereocenters. The number of carboxylic acids is 1. The van der Waals surface area contributed by atoms with Crippen LogP contribution >= 0.6 is 0 Å². The van der Waals surface area contributed by atoms with Crippen molar-refractivity contribution in [3.63, 3.8) is 0 Å². The van der Waals surface area contributed by atoms with Crippen LogP contribution in [0.5, 0.6) is 0 Å². The summed E-state index contributed by atoms with van der Waals surface area (Å²) in [5, 5.41) is 12.8. The molecule has 2 aliphatic rings. The number of esters is 1. The number of amides is 1. The molecule has 8 bridgehead atoms. The van der Waals surface area contributed by atoms with E-state index in [9.17, 15) is 24.3 Å². The third kappa shape index (κ3) is 8.07. The molecule has 12 nitrogen and oxygen atoms in total. The summed E-state index contributed by atoms with van der Waals surface area (Å²) in [6, 6.07) is 5.85. The molecule has 0 saturated heterocycles. The van der Waals surface area contributed by atoms with Gasteiger partial charge in [-0.25, -0.2) is 0 Å². The number of nitrogens with one attached hydrogen (secondary N) is 3. The molecule has 3 aromatic heterocycles. The van der Waals surface area contributed by atoms with E-state index in [1.165, 1.54) is 7.11 Å². The minimum absolute atomic E-state index is 0. The number of aryl methyl sites for hydroxylation is 2. The van der Waals surface area contributed by atoms with Gasteiger partial charge in [-0.05, 0) is 77.0 Å². The van der Waals surface area contributed by atoms with Crippen LogP contribution in [-0.4, -0.2) is 87.9 Å². The third-order valence-corrected chi connectivity index (χ3v) is 10.6. The van der Waals surface area contributed by atoms with E-state index < -0.39 is 17.9 Å². The Morgan fingerprint density at radius 2 is 1.50 bits per heavy atom. The number of hydrogen-bond acceptors (Lipinski definition) is 8. The molecular formula is C39H50N6O6Pd+2. The van der Waals surface area contributed by atoms with Gasteiger partial charge >= 0.3 is 32.4 Å². The van der Waals surface area contributed by atoms with Gasteiger partial charge in [-0.15, -0.1) is 0 Å². The van der Waals surface area contributed by atoms with Crippen molar-refractivity contribution in [3.05, 3.63) is 68.8 Å². The second-order valence-corrected chi connectivity index (χ2v) is 14.2. The molecule has 52 heavy (non-hydrogen) atoms. The van der Waals surface area contributed by atoms with Gasteiger partial charge in [-0.2, -0.15) is 0 Å². The Bertz CT molecular complexity index is 2050. The van der Waals surface area contributed by atoms with Crippen LogP contribution in [0.2, 0.25) is 0 Å². The first-order chi connectivity index (χ1) is 24.2. The molecule has 4 atom stereocenters. The molecule has 5 heterocycles. The van der Waals surface area contributed by atoms with Crippen LogP contribution in [0.3, 0.4) is 0 Å². The summed E-state index contributed by atoms with van der Waals surface area (Å²) in [6.45, 7) is 12.6. The molecule has 3 aromatic rings. The maximum absolute atomic E-state index is 14.1. The van der Waals surface area contributed by atoms with Gasteiger partial charge in [0.05, 0.1) is 35.8 Å². The standard InChI is InChI=1S/C39H50N6O6.Pd/c1-10-24-19(2)27-18-32-35(23(6)46)21(4)29(42-32)16-28-20(3)25(11-12-33(47)48)37(43-28)26(15-34(49)51-9)38-36(39(50)40-13-14-45(7)8)22(5)30(44-38)17-31(24)41-27;/h16-20,24-25,42,44H,10-15H2,1-9H3,(H,40,50)(H,47,48);/q;+2/t19-,20+,24-,25+;/m1./s1. The zero-order valence-electron chi connectivity index (χ0n) is 31.4. The number of fused-ring (bicyclic) bond motifs is 8. The number of rotatable bonds is 11. The summed E-state index contributed by atoms with van der Waals surface area (Å²) in [6.07, 6.45) is 0.766. The number of aromatic nitrogens is 4. The van der Waals surface area contributed by atoms with Crippen molar-refractivity contribution >= 4 is 45.7 Å². The van der Waals surface area contributed by atoms with Gasteiger partial charge in [0.1, 0.15) is 0 Å². The molecule has 0 spiro atoms. The number of Topliss-reactive ketones (excluding diaryl/α,β-unsaturated/α-hetero) is 1. The molecule has 1 amide bonds. The van der Waals surface area contributed by atoms with E-state index in [1.54, 1.807) is 6.92 Å². The first kappa shape index (κ1) is 40.6. The van der Waals surface area contributed by atoms with Crippen LogP contribution < -0.4 is 5.32 Å². The zero-order valence-corrected chi connectivity index (χ0v) is 33.0. The predicted octanol–water partition coefficient (Wildman–Crippen LogP) is 6.19. The van der Waals surface area contributed by atoms with E-state index in [0.29, 0.717) is 68.8 Å². The van der Waals surface area contributed by atoms with Gasteiger partial charge in [0.15, 0.2) is 5.78 Å². The number of hydrogen-bond donors (Lipinski definition) is 4. The van der Waals surface area contributed by atoms with Crippen molar-refractivity contribution in [1.82, 2.24) is 30.2 Å². The topological polar surface area (TPSA) is 170 Å². The summed E-state index contributed by atoms with van der Waals surface area (Å²) in [5.74, 6) is -2.35. The SMILES string of the molecule is CC[C@H]1c2cc3[nH]c(c(CC(=O)OC)c4nc(cc5[nH]c(cc(n2)[C@@H]1C)c(C(C)=O)c5C)[C@@H](C)[C@@H]4CCC(=O)O)c(C(=O)NCCN(C)C)c3C.[Pd+2]. The number of aliphatic carboxylic acids is 1. The van der Waals surface area contributed by atoms with Crippen LogP contribution in [0.1, 0.15) is 131 Å². The van der Waals surface area contributed by atoms with Gasteiger partial charge in [0, 0.05) is 82.4 Å². The summed E-state index contributed by atoms with van der Waals surface area (Å²) < 4.78 is 5.17. The van der Waals surface area contributed by atoms with Crippen molar-refractivity contribution in [2.75, 3.05) is 34.3 Å². The Balaban J connectivity index is 0.00000605. The van der Waals surface area contributed by atoms with E-state index in [0.717, 1.165) is 23.4 Å². The number of H-pyrrole nitrogens is 2. The van der Waals surface area contributed by atoms with E-state index in [2.05, 4.69) is 29.1 Å². The van der Waals surface area contributed by atoms with Crippen LogP contribution in [0, 0.1) is 13.8 Å². The number of likely N-dealkylation sites (N-methyl/N-ethyl adjacent to an activating group) is 1. The largest absolute Gasteiger partial charge is 2.00 e. The maximum atomic E-state index is 14.1. The van der Waals surface area contributed by atoms with Crippen LogP contribution in [0.25, 0.3) is 22.1 Å². The quantitative estimate of drug-likeness (QED) is 0.100. The summed E-state index contributed by atoms with van der Waals surface area (Å²) >= 11 is 0. The van der Waals surface area contributed by atoms with Gasteiger partial charge < -0.3 is 30.0 Å². The van der Waals surface area contributed by atoms with Gasteiger partial charge in [0.25, 0.3) is 5.91 Å². The average molecular weight is 805 g/mol. The number of ketones is 1. The number of aromatic amines is 2. The molecule has 5 rings (SSSR count). The molecule has 0 aromatic carbocycles. The minimum atomic E-state index is -0.944. The number of methoxy groups -OCH3 is 1. The Kier molecular flexibility index (Phi) is 13.0. The van der Waals surface area contributed by atoms with Crippen molar-refractivity contribution in [1.29, 1.82) is 0 Å². The Hall–Kier alpha value is -4.18. The van der Waals surface area contributed by atoms with Crippen molar-refractivity contribution in [3.8, 4) is 0 Å². The summed E-state index contributed by atoms with van der Waals surface area (Å²) in [4.78, 5) is 71.4. The fourth-order valence-corrected chi connectivity index (χ4v) is 7.61. The van der Waals surface area contributed by atoms with Crippen molar-refractivity contribution < 1.29 is 49.4 Å². The number of ether oxygens (including phenoxy) is 1. The molecule has 4 N–H and O–H groups in total. The molecule has 0 radical (unpaired) electrons. The Morgan fingerprint density at radius 1 is 0.904 bits per heavy atom. The molecule has 0 saturated carbocycles. The number of carbonyl (C=O) groups excluding carboxylic acids is 3. The Labute approximate surface area is 318 Å². The first-order valence-electron chi connectivity index (χ1n) is 17.7. The second-order valence-electron chi connectivity index (χ2n) is 14.2. The van der Waals surface area contributed by atoms with Crippen LogP contribution in [0.4, 0.5) is 0 Å². The van der Waals surface area contributed by atoms with E-state index in [1.807, 2.05) is 58.0 Å². The van der Waals surface area contributed by atoms with Gasteiger partial charge in [-0.1, -0.05) is 20.8 Å². The normalized spacial score (nSPS) is 18.2. The first-order valence-corrected chi connectivity index (χ1v) is 17.7. The molecular weight excluding hydrogens is 755 g/mol. The second kappa shape index (κ2) is 16.7. The van der Waals surface area contributed by atoms with E-state index >= 15 is 0 Å². The van der Waals surface area contributed by atoms with Crippen molar-refractivity contribution in [2.24, 2.45) is 0 Å². The summed E-state index contributed by atoms with van der Waals surface area (Å²) in [7, 11) is 5.17. The molecule has 2 aliphatic heterocycles. The Morgan fingerprint density at radius 3 is 2.12 bits per heavy atom. The monoisotopic (exact) mass is 804 g/mol. The third-order valence-electron chi connectivity index (χ3n) is 10.6. The smallest absolute Gasteiger partial charge is 0.481 e. The summed E-state index contributed by atoms with van der Waals surface area (Å²) in [5.41, 5.74) is 8.29. The fourth-order valence-electron chi connectivity index (χ4n) is 7.61.